The molecule has 2 aromatic rings. The highest BCUT2D eigenvalue weighted by Gasteiger charge is 2.11. The smallest absolute Gasteiger partial charge is 0.265 e. The quantitative estimate of drug-likeness (QED) is 0.875. The van der Waals surface area contributed by atoms with E-state index < -0.39 is 0 Å². The fourth-order valence-corrected chi connectivity index (χ4v) is 2.20. The first kappa shape index (κ1) is 11.8. The summed E-state index contributed by atoms with van der Waals surface area (Å²) in [6, 6.07) is 7.13. The molecule has 0 saturated carbocycles. The highest BCUT2D eigenvalue weighted by atomic mass is 32.1. The molecule has 5 heteroatoms. The number of nitrogens with one attached hydrogen (secondary N) is 1. The molecule has 0 aliphatic rings. The number of nitrogens with two attached hydrogens (primary N) is 1. The van der Waals surface area contributed by atoms with E-state index in [1.165, 1.54) is 11.3 Å². The van der Waals surface area contributed by atoms with Crippen molar-refractivity contribution in [2.24, 2.45) is 5.73 Å². The molecule has 2 rings (SSSR count). The third-order valence-corrected chi connectivity index (χ3v) is 3.52. The minimum Gasteiger partial charge on any atom is -0.324 e. The van der Waals surface area contributed by atoms with Crippen molar-refractivity contribution >= 4 is 22.9 Å². The summed E-state index contributed by atoms with van der Waals surface area (Å²) < 4.78 is 0. The van der Waals surface area contributed by atoms with Gasteiger partial charge in [-0.15, -0.1) is 11.3 Å². The maximum absolute atomic E-state index is 11.9. The number of anilines is 1. The van der Waals surface area contributed by atoms with Gasteiger partial charge in [0.2, 0.25) is 0 Å². The highest BCUT2D eigenvalue weighted by Crippen LogP contribution is 2.22. The van der Waals surface area contributed by atoms with Crippen molar-refractivity contribution in [3.05, 3.63) is 46.4 Å². The molecule has 0 aliphatic carbocycles. The van der Waals surface area contributed by atoms with Crippen molar-refractivity contribution in [3.8, 4) is 0 Å². The number of carbonyl (C=O) groups excluding carboxylic acids is 1. The van der Waals surface area contributed by atoms with Crippen LogP contribution in [-0.4, -0.2) is 10.9 Å². The Labute approximate surface area is 103 Å². The SMILES string of the molecule is CC(N)c1ccc(C(=O)Nc2ccncc2)s1. The Morgan fingerprint density at radius 2 is 2.06 bits per heavy atom. The van der Waals surface area contributed by atoms with Gasteiger partial charge in [-0.25, -0.2) is 0 Å². The predicted molar refractivity (Wildman–Crippen MR) is 69.1 cm³/mol. The van der Waals surface area contributed by atoms with Gasteiger partial charge in [-0.1, -0.05) is 0 Å². The Morgan fingerprint density at radius 1 is 1.35 bits per heavy atom. The highest BCUT2D eigenvalue weighted by molar-refractivity contribution is 7.14. The number of aromatic nitrogens is 1. The number of hydrogen-bond donors (Lipinski definition) is 2. The van der Waals surface area contributed by atoms with Crippen molar-refractivity contribution in [2.45, 2.75) is 13.0 Å². The van der Waals surface area contributed by atoms with E-state index >= 15 is 0 Å². The van der Waals surface area contributed by atoms with Crippen molar-refractivity contribution in [2.75, 3.05) is 5.32 Å². The van der Waals surface area contributed by atoms with Gasteiger partial charge in [0.15, 0.2) is 0 Å². The van der Waals surface area contributed by atoms with Crippen LogP contribution in [0.2, 0.25) is 0 Å². The number of hydrogen-bond acceptors (Lipinski definition) is 4. The van der Waals surface area contributed by atoms with E-state index in [0.29, 0.717) is 4.88 Å². The lowest BCUT2D eigenvalue weighted by molar-refractivity contribution is 0.103. The average Bonchev–Trinajstić information content (AvgIpc) is 2.79. The van der Waals surface area contributed by atoms with E-state index in [1.54, 1.807) is 30.6 Å². The first-order valence-electron chi connectivity index (χ1n) is 5.23. The second-order valence-corrected chi connectivity index (χ2v) is 4.80. The molecule has 88 valence electrons. The van der Waals surface area contributed by atoms with Crippen molar-refractivity contribution < 1.29 is 4.79 Å². The number of amides is 1. The summed E-state index contributed by atoms with van der Waals surface area (Å²) in [7, 11) is 0. The van der Waals surface area contributed by atoms with Crippen LogP contribution in [0.1, 0.15) is 27.5 Å². The fourth-order valence-electron chi connectivity index (χ4n) is 1.35. The second-order valence-electron chi connectivity index (χ2n) is 3.68. The van der Waals surface area contributed by atoms with Crippen LogP contribution in [-0.2, 0) is 0 Å². The average molecular weight is 247 g/mol. The lowest BCUT2D eigenvalue weighted by atomic mass is 10.3. The van der Waals surface area contributed by atoms with E-state index in [-0.39, 0.29) is 11.9 Å². The lowest BCUT2D eigenvalue weighted by Gasteiger charge is -2.02. The summed E-state index contributed by atoms with van der Waals surface area (Å²) in [6.07, 6.45) is 3.27. The van der Waals surface area contributed by atoms with Gasteiger partial charge in [0.05, 0.1) is 4.88 Å². The summed E-state index contributed by atoms with van der Waals surface area (Å²) in [5, 5.41) is 2.80. The zero-order valence-corrected chi connectivity index (χ0v) is 10.2. The third-order valence-electron chi connectivity index (χ3n) is 2.24. The Kier molecular flexibility index (Phi) is 3.51. The Balaban J connectivity index is 2.10. The van der Waals surface area contributed by atoms with Crippen LogP contribution in [0.5, 0.6) is 0 Å². The van der Waals surface area contributed by atoms with Gasteiger partial charge in [-0.05, 0) is 31.2 Å². The molecule has 0 bridgehead atoms. The van der Waals surface area contributed by atoms with Crippen LogP contribution >= 0.6 is 11.3 Å². The lowest BCUT2D eigenvalue weighted by Crippen LogP contribution is -2.10. The molecule has 17 heavy (non-hydrogen) atoms. The van der Waals surface area contributed by atoms with Gasteiger partial charge >= 0.3 is 0 Å². The summed E-state index contributed by atoms with van der Waals surface area (Å²) in [4.78, 5) is 17.4. The number of carbonyl (C=O) groups is 1. The van der Waals surface area contributed by atoms with E-state index in [2.05, 4.69) is 10.3 Å². The standard InChI is InChI=1S/C12H13N3OS/c1-8(13)10-2-3-11(17-10)12(16)15-9-4-6-14-7-5-9/h2-8H,13H2,1H3,(H,14,15,16). The van der Waals surface area contributed by atoms with E-state index in [1.807, 2.05) is 13.0 Å². The number of nitrogens with zero attached hydrogens (tertiary/aromatic N) is 1. The van der Waals surface area contributed by atoms with Crippen LogP contribution in [0.15, 0.2) is 36.7 Å². The van der Waals surface area contributed by atoms with Crippen LogP contribution in [0.4, 0.5) is 5.69 Å². The molecule has 0 saturated heterocycles. The molecule has 2 heterocycles. The van der Waals surface area contributed by atoms with E-state index in [4.69, 9.17) is 5.73 Å². The number of thiophene rings is 1. The largest absolute Gasteiger partial charge is 0.324 e. The summed E-state index contributed by atoms with van der Waals surface area (Å²) >= 11 is 1.42. The molecule has 2 aromatic heterocycles. The fraction of sp³-hybridized carbons (Fsp3) is 0.167. The Morgan fingerprint density at radius 3 is 2.65 bits per heavy atom. The number of rotatable bonds is 3. The van der Waals surface area contributed by atoms with Crippen LogP contribution in [0.3, 0.4) is 0 Å². The second kappa shape index (κ2) is 5.07. The monoisotopic (exact) mass is 247 g/mol. The predicted octanol–water partition coefficient (Wildman–Crippen LogP) is 2.42. The summed E-state index contributed by atoms with van der Waals surface area (Å²) in [5.41, 5.74) is 6.49. The van der Waals surface area contributed by atoms with Crippen molar-refractivity contribution in [1.29, 1.82) is 0 Å². The maximum Gasteiger partial charge on any atom is 0.265 e. The molecule has 3 N–H and O–H groups in total. The number of pyridine rings is 1. The first-order chi connectivity index (χ1) is 8.16. The molecule has 0 aromatic carbocycles. The van der Waals surface area contributed by atoms with Crippen LogP contribution < -0.4 is 11.1 Å². The van der Waals surface area contributed by atoms with Crippen molar-refractivity contribution in [3.63, 3.8) is 0 Å². The zero-order chi connectivity index (χ0) is 12.3. The molecule has 1 unspecified atom stereocenters. The Hall–Kier alpha value is -1.72. The normalized spacial score (nSPS) is 12.1. The molecule has 1 atom stereocenters. The molecule has 4 nitrogen and oxygen atoms in total. The van der Waals surface area contributed by atoms with Crippen molar-refractivity contribution in [1.82, 2.24) is 4.98 Å². The molecular formula is C12H13N3OS. The summed E-state index contributed by atoms with van der Waals surface area (Å²) in [5.74, 6) is -0.117. The minimum atomic E-state index is -0.117. The van der Waals surface area contributed by atoms with E-state index in [0.717, 1.165) is 10.6 Å². The Bertz CT molecular complexity index is 507. The molecule has 0 aliphatic heterocycles. The van der Waals surface area contributed by atoms with Gasteiger partial charge in [-0.2, -0.15) is 0 Å². The molecule has 1 amide bonds. The van der Waals surface area contributed by atoms with Crippen LogP contribution in [0.25, 0.3) is 0 Å². The van der Waals surface area contributed by atoms with Gasteiger partial charge in [0.1, 0.15) is 0 Å². The van der Waals surface area contributed by atoms with E-state index in [9.17, 15) is 4.79 Å². The first-order valence-corrected chi connectivity index (χ1v) is 6.05. The minimum absolute atomic E-state index is 0.0394. The molecule has 0 radical (unpaired) electrons. The summed E-state index contributed by atoms with van der Waals surface area (Å²) in [6.45, 7) is 1.90. The third kappa shape index (κ3) is 2.89. The van der Waals surface area contributed by atoms with Gasteiger partial charge in [0.25, 0.3) is 5.91 Å². The maximum atomic E-state index is 11.9. The van der Waals surface area contributed by atoms with Gasteiger partial charge in [0, 0.05) is 29.0 Å². The van der Waals surface area contributed by atoms with Crippen LogP contribution in [0, 0.1) is 0 Å². The molecule has 0 fully saturated rings. The molecular weight excluding hydrogens is 234 g/mol. The zero-order valence-electron chi connectivity index (χ0n) is 9.38. The van der Waals surface area contributed by atoms with Gasteiger partial charge in [-0.3, -0.25) is 9.78 Å². The topological polar surface area (TPSA) is 68.0 Å². The molecule has 0 spiro atoms. The van der Waals surface area contributed by atoms with Gasteiger partial charge < -0.3 is 11.1 Å².